The number of ether oxygens (including phenoxy) is 1. The summed E-state index contributed by atoms with van der Waals surface area (Å²) in [7, 11) is 0. The molecule has 1 atom stereocenters. The highest BCUT2D eigenvalue weighted by Gasteiger charge is 2.26. The Morgan fingerprint density at radius 2 is 1.89 bits per heavy atom. The molecule has 1 aliphatic heterocycles. The highest BCUT2D eigenvalue weighted by atomic mass is 16.5. The predicted octanol–water partition coefficient (Wildman–Crippen LogP) is 3.42. The number of nitrogen functional groups attached to an aromatic ring is 1. The van der Waals surface area contributed by atoms with Gasteiger partial charge in [-0.05, 0) is 31.9 Å². The van der Waals surface area contributed by atoms with Gasteiger partial charge < -0.3 is 15.4 Å². The van der Waals surface area contributed by atoms with Crippen molar-refractivity contribution in [2.24, 2.45) is 0 Å². The highest BCUT2D eigenvalue weighted by Crippen LogP contribution is 2.35. The van der Waals surface area contributed by atoms with E-state index in [0.29, 0.717) is 19.3 Å². The maximum absolute atomic E-state index is 5.90. The van der Waals surface area contributed by atoms with Crippen molar-refractivity contribution < 1.29 is 4.74 Å². The van der Waals surface area contributed by atoms with Gasteiger partial charge in [0.2, 0.25) is 5.95 Å². The quantitative estimate of drug-likeness (QED) is 0.703. The highest BCUT2D eigenvalue weighted by molar-refractivity contribution is 5.91. The Balaban J connectivity index is 1.69. The molecule has 1 saturated heterocycles. The van der Waals surface area contributed by atoms with Crippen LogP contribution in [-0.2, 0) is 4.74 Å². The molecule has 0 amide bonds. The first-order valence-corrected chi connectivity index (χ1v) is 10.2. The lowest BCUT2D eigenvalue weighted by molar-refractivity contribution is 0.0981. The van der Waals surface area contributed by atoms with Crippen LogP contribution in [0.15, 0.2) is 30.5 Å². The van der Waals surface area contributed by atoms with Crippen LogP contribution in [0.5, 0.6) is 0 Å². The number of rotatable bonds is 3. The molecule has 3 aromatic rings. The van der Waals surface area contributed by atoms with Crippen molar-refractivity contribution in [2.45, 2.75) is 44.7 Å². The summed E-state index contributed by atoms with van der Waals surface area (Å²) in [5, 5.41) is 5.73. The fraction of sp³-hybridized carbons (Fsp3) is 0.476. The van der Waals surface area contributed by atoms with Crippen LogP contribution in [-0.4, -0.2) is 45.5 Å². The van der Waals surface area contributed by atoms with Gasteiger partial charge in [0.25, 0.3) is 0 Å². The summed E-state index contributed by atoms with van der Waals surface area (Å²) in [5.41, 5.74) is 9.53. The molecule has 0 radical (unpaired) electrons. The molecule has 0 spiro atoms. The molecule has 1 aromatic carbocycles. The van der Waals surface area contributed by atoms with Gasteiger partial charge in [0.15, 0.2) is 5.65 Å². The molecule has 2 aliphatic rings. The number of aromatic nitrogens is 4. The zero-order chi connectivity index (χ0) is 19.1. The Hall–Kier alpha value is -2.67. The van der Waals surface area contributed by atoms with Crippen molar-refractivity contribution in [1.82, 2.24) is 19.7 Å². The summed E-state index contributed by atoms with van der Waals surface area (Å²) in [6.45, 7) is 4.35. The van der Waals surface area contributed by atoms with E-state index in [2.05, 4.69) is 16.5 Å². The Kier molecular flexibility index (Phi) is 4.39. The second kappa shape index (κ2) is 7.05. The van der Waals surface area contributed by atoms with Gasteiger partial charge in [-0.1, -0.05) is 25.0 Å². The van der Waals surface area contributed by atoms with Crippen molar-refractivity contribution >= 4 is 22.7 Å². The van der Waals surface area contributed by atoms with E-state index in [1.54, 1.807) is 0 Å². The normalized spacial score (nSPS) is 20.9. The van der Waals surface area contributed by atoms with Crippen LogP contribution in [0.1, 0.15) is 38.6 Å². The van der Waals surface area contributed by atoms with Crippen LogP contribution in [0.2, 0.25) is 0 Å². The fourth-order valence-corrected chi connectivity index (χ4v) is 4.34. The van der Waals surface area contributed by atoms with Crippen LogP contribution in [0.25, 0.3) is 22.3 Å². The van der Waals surface area contributed by atoms with E-state index in [9.17, 15) is 0 Å². The summed E-state index contributed by atoms with van der Waals surface area (Å²) in [5.74, 6) is 0.759. The topological polar surface area (TPSA) is 82.1 Å². The fourth-order valence-electron chi connectivity index (χ4n) is 4.34. The van der Waals surface area contributed by atoms with Crippen LogP contribution in [0.4, 0.5) is 11.6 Å². The van der Waals surface area contributed by atoms with Crippen LogP contribution < -0.4 is 10.6 Å². The molecule has 1 aliphatic carbocycles. The lowest BCUT2D eigenvalue weighted by atomic mass is 10.1. The summed E-state index contributed by atoms with van der Waals surface area (Å²) >= 11 is 0. The maximum Gasteiger partial charge on any atom is 0.228 e. The minimum absolute atomic E-state index is 0.244. The van der Waals surface area contributed by atoms with Gasteiger partial charge in [0.05, 0.1) is 42.6 Å². The third-order valence-corrected chi connectivity index (χ3v) is 5.92. The molecule has 7 nitrogen and oxygen atoms in total. The second-order valence-electron chi connectivity index (χ2n) is 7.88. The number of hydrogen-bond donors (Lipinski definition) is 1. The smallest absolute Gasteiger partial charge is 0.228 e. The molecule has 2 fully saturated rings. The molecule has 5 rings (SSSR count). The van der Waals surface area contributed by atoms with E-state index in [-0.39, 0.29) is 6.04 Å². The molecule has 146 valence electrons. The number of nitrogens with two attached hydrogens (primary N) is 1. The third kappa shape index (κ3) is 2.99. The van der Waals surface area contributed by atoms with Gasteiger partial charge in [-0.3, -0.25) is 0 Å². The number of anilines is 2. The number of fused-ring (bicyclic) bond motifs is 1. The Morgan fingerprint density at radius 3 is 2.64 bits per heavy atom. The summed E-state index contributed by atoms with van der Waals surface area (Å²) in [4.78, 5) is 12.2. The van der Waals surface area contributed by atoms with Crippen LogP contribution >= 0.6 is 0 Å². The zero-order valence-corrected chi connectivity index (χ0v) is 16.2. The van der Waals surface area contributed by atoms with Gasteiger partial charge in [-0.25, -0.2) is 9.67 Å². The lowest BCUT2D eigenvalue weighted by Crippen LogP contribution is -2.44. The minimum atomic E-state index is 0.244. The Labute approximate surface area is 164 Å². The van der Waals surface area contributed by atoms with E-state index in [4.69, 9.17) is 25.5 Å². The van der Waals surface area contributed by atoms with E-state index in [1.807, 2.05) is 30.5 Å². The Bertz CT molecular complexity index is 976. The van der Waals surface area contributed by atoms with Gasteiger partial charge in [-0.15, -0.1) is 0 Å². The molecule has 3 heterocycles. The molecule has 2 aromatic heterocycles. The second-order valence-corrected chi connectivity index (χ2v) is 7.88. The van der Waals surface area contributed by atoms with Crippen LogP contribution in [0.3, 0.4) is 0 Å². The first-order valence-electron chi connectivity index (χ1n) is 10.2. The SMILES string of the molecule is C[C@H]1COCCN1c1nc(-c2ccc(N)cc2)c2cnn(C3CCCC3)c2n1. The molecular weight excluding hydrogens is 352 g/mol. The van der Waals surface area contributed by atoms with Crippen molar-refractivity contribution in [3.05, 3.63) is 30.5 Å². The standard InChI is InChI=1S/C21H26N6O/c1-14-13-28-11-10-26(14)21-24-19(15-6-8-16(22)9-7-15)18-12-23-27(20(18)25-21)17-4-2-3-5-17/h6-9,12,14,17H,2-5,10-11,13,22H2,1H3/t14-/m0/s1. The van der Waals surface area contributed by atoms with Gasteiger partial charge in [0, 0.05) is 17.8 Å². The van der Waals surface area contributed by atoms with E-state index in [0.717, 1.165) is 40.5 Å². The van der Waals surface area contributed by atoms with Crippen molar-refractivity contribution in [1.29, 1.82) is 0 Å². The number of benzene rings is 1. The molecular formula is C21H26N6O. The molecule has 7 heteroatoms. The molecule has 1 saturated carbocycles. The average Bonchev–Trinajstić information content (AvgIpc) is 3.38. The van der Waals surface area contributed by atoms with E-state index < -0.39 is 0 Å². The minimum Gasteiger partial charge on any atom is -0.399 e. The average molecular weight is 378 g/mol. The molecule has 28 heavy (non-hydrogen) atoms. The molecule has 2 N–H and O–H groups in total. The Morgan fingerprint density at radius 1 is 1.11 bits per heavy atom. The van der Waals surface area contributed by atoms with Gasteiger partial charge in [-0.2, -0.15) is 10.1 Å². The van der Waals surface area contributed by atoms with E-state index in [1.165, 1.54) is 25.7 Å². The summed E-state index contributed by atoms with van der Waals surface area (Å²) < 4.78 is 7.73. The first kappa shape index (κ1) is 17.4. The zero-order valence-electron chi connectivity index (χ0n) is 16.2. The van der Waals surface area contributed by atoms with Gasteiger partial charge in [0.1, 0.15) is 0 Å². The number of morpholine rings is 1. The van der Waals surface area contributed by atoms with E-state index >= 15 is 0 Å². The van der Waals surface area contributed by atoms with Crippen molar-refractivity contribution in [3.63, 3.8) is 0 Å². The number of nitrogens with zero attached hydrogens (tertiary/aromatic N) is 5. The molecule has 0 bridgehead atoms. The third-order valence-electron chi connectivity index (χ3n) is 5.92. The largest absolute Gasteiger partial charge is 0.399 e. The summed E-state index contributed by atoms with van der Waals surface area (Å²) in [6.07, 6.45) is 6.78. The monoisotopic (exact) mass is 378 g/mol. The lowest BCUT2D eigenvalue weighted by Gasteiger charge is -2.33. The predicted molar refractivity (Wildman–Crippen MR) is 110 cm³/mol. The molecule has 0 unspecified atom stereocenters. The van der Waals surface area contributed by atoms with Crippen molar-refractivity contribution in [2.75, 3.05) is 30.4 Å². The van der Waals surface area contributed by atoms with Crippen molar-refractivity contribution in [3.8, 4) is 11.3 Å². The summed E-state index contributed by atoms with van der Waals surface area (Å²) in [6, 6.07) is 8.56. The first-order chi connectivity index (χ1) is 13.7. The van der Waals surface area contributed by atoms with Gasteiger partial charge >= 0.3 is 0 Å². The van der Waals surface area contributed by atoms with Crippen LogP contribution in [0, 0.1) is 0 Å². The number of hydrogen-bond acceptors (Lipinski definition) is 6. The maximum atomic E-state index is 5.90.